The molecule has 1 spiro atoms. The van der Waals surface area contributed by atoms with Gasteiger partial charge in [-0.05, 0) is 25.7 Å². The molecule has 2 aromatic rings. The maximum atomic E-state index is 12.7. The van der Waals surface area contributed by atoms with E-state index >= 15 is 0 Å². The van der Waals surface area contributed by atoms with Crippen LogP contribution in [0.4, 0.5) is 5.95 Å². The molecule has 4 heterocycles. The van der Waals surface area contributed by atoms with Crippen LogP contribution in [0.3, 0.4) is 0 Å². The number of ether oxygens (including phenoxy) is 1. The number of anilines is 1. The van der Waals surface area contributed by atoms with Crippen LogP contribution in [0.15, 0.2) is 31.0 Å². The zero-order valence-electron chi connectivity index (χ0n) is 15.1. The first-order chi connectivity index (χ1) is 13.2. The van der Waals surface area contributed by atoms with E-state index in [4.69, 9.17) is 4.74 Å². The summed E-state index contributed by atoms with van der Waals surface area (Å²) in [5.74, 6) is 0.521. The Morgan fingerprint density at radius 1 is 1.00 bits per heavy atom. The van der Waals surface area contributed by atoms with Crippen molar-refractivity contribution in [2.45, 2.75) is 31.2 Å². The molecular formula is C19H22N6O2. The molecule has 3 fully saturated rings. The molecule has 2 aromatic heterocycles. The third kappa shape index (κ3) is 3.03. The highest BCUT2D eigenvalue weighted by molar-refractivity contribution is 5.94. The summed E-state index contributed by atoms with van der Waals surface area (Å²) >= 11 is 0. The standard InChI is InChI=1S/C19H22N6O2/c26-16(25-12-18(13-25)3-7-27-8-4-18)14-9-22-17(23-10-14)24-19(1-2-19)15-11-20-5-6-21-15/h5-6,9-11H,1-4,7-8,12-13H2,(H,22,23,24). The number of likely N-dealkylation sites (tertiary alicyclic amines) is 1. The lowest BCUT2D eigenvalue weighted by molar-refractivity contribution is -0.0666. The van der Waals surface area contributed by atoms with Gasteiger partial charge in [0, 0.05) is 56.5 Å². The van der Waals surface area contributed by atoms with Gasteiger partial charge < -0.3 is 15.0 Å². The molecule has 140 valence electrons. The van der Waals surface area contributed by atoms with Crippen LogP contribution in [-0.2, 0) is 10.3 Å². The van der Waals surface area contributed by atoms with Gasteiger partial charge in [0.25, 0.3) is 5.91 Å². The lowest BCUT2D eigenvalue weighted by Gasteiger charge is -2.52. The summed E-state index contributed by atoms with van der Waals surface area (Å²) in [5, 5.41) is 3.35. The van der Waals surface area contributed by atoms with Gasteiger partial charge in [0.2, 0.25) is 5.95 Å². The van der Waals surface area contributed by atoms with Crippen molar-refractivity contribution >= 4 is 11.9 Å². The topological polar surface area (TPSA) is 93.1 Å². The first-order valence-corrected chi connectivity index (χ1v) is 9.42. The number of nitrogens with one attached hydrogen (secondary N) is 1. The Labute approximate surface area is 157 Å². The summed E-state index contributed by atoms with van der Waals surface area (Å²) in [6.45, 7) is 3.23. The summed E-state index contributed by atoms with van der Waals surface area (Å²) in [6, 6.07) is 0. The predicted molar refractivity (Wildman–Crippen MR) is 97.0 cm³/mol. The Balaban J connectivity index is 1.23. The molecule has 8 heteroatoms. The fraction of sp³-hybridized carbons (Fsp3) is 0.526. The number of nitrogens with zero attached hydrogens (tertiary/aromatic N) is 5. The van der Waals surface area contributed by atoms with Crippen molar-refractivity contribution in [2.75, 3.05) is 31.6 Å². The van der Waals surface area contributed by atoms with E-state index in [9.17, 15) is 4.79 Å². The number of rotatable bonds is 4. The molecule has 8 nitrogen and oxygen atoms in total. The Hall–Kier alpha value is -2.61. The number of aromatic nitrogens is 4. The Morgan fingerprint density at radius 3 is 2.37 bits per heavy atom. The van der Waals surface area contributed by atoms with Gasteiger partial charge in [-0.25, -0.2) is 9.97 Å². The van der Waals surface area contributed by atoms with E-state index in [1.807, 2.05) is 4.90 Å². The predicted octanol–water partition coefficient (Wildman–Crippen LogP) is 1.62. The smallest absolute Gasteiger partial charge is 0.257 e. The minimum atomic E-state index is -0.229. The molecule has 1 saturated carbocycles. The molecule has 1 amide bonds. The van der Waals surface area contributed by atoms with Gasteiger partial charge in [0.1, 0.15) is 0 Å². The molecule has 3 aliphatic rings. The Morgan fingerprint density at radius 2 is 1.74 bits per heavy atom. The van der Waals surface area contributed by atoms with Gasteiger partial charge in [-0.1, -0.05) is 0 Å². The van der Waals surface area contributed by atoms with Gasteiger partial charge in [0.15, 0.2) is 0 Å². The van der Waals surface area contributed by atoms with Crippen LogP contribution in [0.1, 0.15) is 41.7 Å². The first kappa shape index (κ1) is 16.6. The van der Waals surface area contributed by atoms with E-state index in [-0.39, 0.29) is 16.9 Å². The number of amides is 1. The fourth-order valence-electron chi connectivity index (χ4n) is 4.04. The maximum Gasteiger partial charge on any atom is 0.257 e. The van der Waals surface area contributed by atoms with Gasteiger partial charge in [-0.3, -0.25) is 14.8 Å². The largest absolute Gasteiger partial charge is 0.381 e. The third-order valence-electron chi connectivity index (χ3n) is 5.95. The average Bonchev–Trinajstić information content (AvgIpc) is 3.48. The molecule has 0 radical (unpaired) electrons. The maximum absolute atomic E-state index is 12.7. The van der Waals surface area contributed by atoms with Crippen LogP contribution in [0.2, 0.25) is 0 Å². The van der Waals surface area contributed by atoms with Crippen LogP contribution >= 0.6 is 0 Å². The molecule has 0 aromatic carbocycles. The van der Waals surface area contributed by atoms with Crippen LogP contribution in [0.25, 0.3) is 0 Å². The molecule has 2 aliphatic heterocycles. The molecule has 1 aliphatic carbocycles. The van der Waals surface area contributed by atoms with E-state index < -0.39 is 0 Å². The van der Waals surface area contributed by atoms with E-state index in [1.54, 1.807) is 31.0 Å². The number of hydrogen-bond acceptors (Lipinski definition) is 7. The van der Waals surface area contributed by atoms with Crippen LogP contribution < -0.4 is 5.32 Å². The zero-order valence-corrected chi connectivity index (χ0v) is 15.1. The summed E-state index contributed by atoms with van der Waals surface area (Å²) in [5.41, 5.74) is 1.47. The number of carbonyl (C=O) groups excluding carboxylic acids is 1. The van der Waals surface area contributed by atoms with E-state index in [1.165, 1.54) is 0 Å². The van der Waals surface area contributed by atoms with Gasteiger partial charge >= 0.3 is 0 Å². The normalized spacial score (nSPS) is 22.1. The van der Waals surface area contributed by atoms with Crippen molar-refractivity contribution in [3.8, 4) is 0 Å². The van der Waals surface area contributed by atoms with Crippen molar-refractivity contribution in [3.05, 3.63) is 42.2 Å². The molecular weight excluding hydrogens is 344 g/mol. The van der Waals surface area contributed by atoms with E-state index in [0.717, 1.165) is 57.7 Å². The van der Waals surface area contributed by atoms with E-state index in [2.05, 4.69) is 25.3 Å². The Kier molecular flexibility index (Phi) is 3.82. The average molecular weight is 366 g/mol. The van der Waals surface area contributed by atoms with Crippen molar-refractivity contribution in [2.24, 2.45) is 5.41 Å². The second-order valence-corrected chi connectivity index (χ2v) is 7.87. The summed E-state index contributed by atoms with van der Waals surface area (Å²) in [4.78, 5) is 31.8. The monoisotopic (exact) mass is 366 g/mol. The van der Waals surface area contributed by atoms with Gasteiger partial charge in [-0.15, -0.1) is 0 Å². The van der Waals surface area contributed by atoms with Gasteiger partial charge in [0.05, 0.1) is 23.0 Å². The summed E-state index contributed by atoms with van der Waals surface area (Å²) < 4.78 is 5.43. The molecule has 1 N–H and O–H groups in total. The summed E-state index contributed by atoms with van der Waals surface area (Å²) in [6.07, 6.45) is 12.4. The molecule has 0 bridgehead atoms. The highest BCUT2D eigenvalue weighted by atomic mass is 16.5. The number of carbonyl (C=O) groups is 1. The highest BCUT2D eigenvalue weighted by Crippen LogP contribution is 2.46. The van der Waals surface area contributed by atoms with Crippen molar-refractivity contribution in [3.63, 3.8) is 0 Å². The molecule has 0 atom stereocenters. The van der Waals surface area contributed by atoms with Crippen molar-refractivity contribution in [1.29, 1.82) is 0 Å². The lowest BCUT2D eigenvalue weighted by Crippen LogP contribution is -2.60. The van der Waals surface area contributed by atoms with Crippen LogP contribution in [0.5, 0.6) is 0 Å². The molecule has 0 unspecified atom stereocenters. The third-order valence-corrected chi connectivity index (χ3v) is 5.95. The minimum Gasteiger partial charge on any atom is -0.381 e. The minimum absolute atomic E-state index is 0.00808. The second-order valence-electron chi connectivity index (χ2n) is 7.87. The van der Waals surface area contributed by atoms with Gasteiger partial charge in [-0.2, -0.15) is 0 Å². The SMILES string of the molecule is O=C(c1cnc(NC2(c3cnccn3)CC2)nc1)N1CC2(CCOCC2)C1. The second kappa shape index (κ2) is 6.23. The quantitative estimate of drug-likeness (QED) is 0.879. The van der Waals surface area contributed by atoms with Crippen LogP contribution in [0, 0.1) is 5.41 Å². The zero-order chi connectivity index (χ0) is 18.3. The van der Waals surface area contributed by atoms with Crippen molar-refractivity contribution in [1.82, 2.24) is 24.8 Å². The highest BCUT2D eigenvalue weighted by Gasteiger charge is 2.47. The Bertz CT molecular complexity index is 823. The van der Waals surface area contributed by atoms with Crippen molar-refractivity contribution < 1.29 is 9.53 Å². The molecule has 27 heavy (non-hydrogen) atoms. The fourth-order valence-corrected chi connectivity index (χ4v) is 4.04. The molecule has 5 rings (SSSR count). The summed E-state index contributed by atoms with van der Waals surface area (Å²) in [7, 11) is 0. The van der Waals surface area contributed by atoms with E-state index in [0.29, 0.717) is 11.5 Å². The number of hydrogen-bond donors (Lipinski definition) is 1. The lowest BCUT2D eigenvalue weighted by atomic mass is 9.73. The first-order valence-electron chi connectivity index (χ1n) is 9.42. The molecule has 2 saturated heterocycles. The van der Waals surface area contributed by atoms with Crippen LogP contribution in [-0.4, -0.2) is 57.0 Å².